The number of aliphatic hydroxyl groups is 1. The standard InChI is InChI=1S/C17H12N8O/c18-8-10-2-1-3-11(6-10)13-7-15-23-16(24-25(15)17(19)22-13)12-4-5-20-14(9-26)21-12/h1-7,26H,9H2,(H2,19,22). The molecule has 0 unspecified atom stereocenters. The molecule has 26 heavy (non-hydrogen) atoms. The van der Waals surface area contributed by atoms with E-state index in [9.17, 15) is 5.11 Å². The summed E-state index contributed by atoms with van der Waals surface area (Å²) in [5.41, 5.74) is 8.87. The van der Waals surface area contributed by atoms with E-state index in [1.54, 1.807) is 30.3 Å². The second-order valence-electron chi connectivity index (χ2n) is 5.41. The second-order valence-corrected chi connectivity index (χ2v) is 5.41. The van der Waals surface area contributed by atoms with Crippen LogP contribution in [0.4, 0.5) is 5.95 Å². The zero-order chi connectivity index (χ0) is 18.1. The SMILES string of the molecule is N#Cc1cccc(-c2cc3nc(-c4ccnc(CO)n4)nn3c(N)n2)c1. The van der Waals surface area contributed by atoms with E-state index in [0.29, 0.717) is 28.4 Å². The van der Waals surface area contributed by atoms with E-state index in [-0.39, 0.29) is 18.4 Å². The molecule has 0 amide bonds. The van der Waals surface area contributed by atoms with Gasteiger partial charge in [-0.05, 0) is 18.2 Å². The Morgan fingerprint density at radius 1 is 1.12 bits per heavy atom. The summed E-state index contributed by atoms with van der Waals surface area (Å²) in [6.07, 6.45) is 1.53. The van der Waals surface area contributed by atoms with E-state index in [4.69, 9.17) is 11.0 Å². The van der Waals surface area contributed by atoms with Crippen LogP contribution in [0.5, 0.6) is 0 Å². The summed E-state index contributed by atoms with van der Waals surface area (Å²) in [5.74, 6) is 0.787. The lowest BCUT2D eigenvalue weighted by molar-refractivity contribution is 0.271. The highest BCUT2D eigenvalue weighted by molar-refractivity contribution is 5.68. The molecule has 3 aromatic heterocycles. The van der Waals surface area contributed by atoms with Crippen molar-refractivity contribution in [3.8, 4) is 28.8 Å². The highest BCUT2D eigenvalue weighted by Gasteiger charge is 2.13. The summed E-state index contributed by atoms with van der Waals surface area (Å²) in [4.78, 5) is 16.9. The van der Waals surface area contributed by atoms with Gasteiger partial charge in [-0.15, -0.1) is 5.10 Å². The number of anilines is 1. The molecule has 126 valence electrons. The number of hydrogen-bond donors (Lipinski definition) is 2. The van der Waals surface area contributed by atoms with Gasteiger partial charge in [0.2, 0.25) is 11.8 Å². The molecule has 4 aromatic rings. The van der Waals surface area contributed by atoms with Crippen LogP contribution in [0.1, 0.15) is 11.4 Å². The molecular formula is C17H12N8O. The van der Waals surface area contributed by atoms with Crippen LogP contribution in [-0.2, 0) is 6.61 Å². The number of nitrogen functional groups attached to an aromatic ring is 1. The first kappa shape index (κ1) is 15.6. The Labute approximate surface area is 147 Å². The highest BCUT2D eigenvalue weighted by Crippen LogP contribution is 2.22. The Morgan fingerprint density at radius 3 is 2.81 bits per heavy atom. The predicted molar refractivity (Wildman–Crippen MR) is 92.3 cm³/mol. The molecule has 0 aliphatic heterocycles. The number of hydrogen-bond acceptors (Lipinski definition) is 8. The van der Waals surface area contributed by atoms with E-state index < -0.39 is 0 Å². The minimum absolute atomic E-state index is 0.162. The lowest BCUT2D eigenvalue weighted by Crippen LogP contribution is -2.03. The number of nitriles is 1. The maximum Gasteiger partial charge on any atom is 0.223 e. The van der Waals surface area contributed by atoms with Crippen LogP contribution in [0.15, 0.2) is 42.6 Å². The number of aromatic nitrogens is 6. The van der Waals surface area contributed by atoms with Gasteiger partial charge < -0.3 is 10.8 Å². The maximum atomic E-state index is 9.17. The van der Waals surface area contributed by atoms with E-state index in [1.165, 1.54) is 10.7 Å². The molecule has 3 N–H and O–H groups in total. The molecule has 4 rings (SSSR count). The fourth-order valence-corrected chi connectivity index (χ4v) is 2.52. The van der Waals surface area contributed by atoms with Crippen molar-refractivity contribution in [3.63, 3.8) is 0 Å². The number of benzene rings is 1. The topological polar surface area (TPSA) is 139 Å². The summed E-state index contributed by atoms with van der Waals surface area (Å²) >= 11 is 0. The van der Waals surface area contributed by atoms with Crippen LogP contribution in [0.3, 0.4) is 0 Å². The summed E-state index contributed by atoms with van der Waals surface area (Å²) in [5, 5.41) is 22.6. The van der Waals surface area contributed by atoms with Crippen molar-refractivity contribution in [1.82, 2.24) is 29.5 Å². The van der Waals surface area contributed by atoms with Crippen molar-refractivity contribution >= 4 is 11.6 Å². The van der Waals surface area contributed by atoms with Gasteiger partial charge in [-0.25, -0.2) is 19.9 Å². The van der Waals surface area contributed by atoms with Gasteiger partial charge >= 0.3 is 0 Å². The van der Waals surface area contributed by atoms with Gasteiger partial charge in [-0.3, -0.25) is 0 Å². The van der Waals surface area contributed by atoms with Crippen LogP contribution in [-0.4, -0.2) is 34.7 Å². The molecular weight excluding hydrogens is 332 g/mol. The summed E-state index contributed by atoms with van der Waals surface area (Å²) in [7, 11) is 0. The van der Waals surface area contributed by atoms with Crippen LogP contribution >= 0.6 is 0 Å². The highest BCUT2D eigenvalue weighted by atomic mass is 16.3. The summed E-state index contributed by atoms with van der Waals surface area (Å²) in [6, 6.07) is 12.5. The largest absolute Gasteiger partial charge is 0.388 e. The average molecular weight is 344 g/mol. The number of nitrogens with zero attached hydrogens (tertiary/aromatic N) is 7. The van der Waals surface area contributed by atoms with Gasteiger partial charge in [-0.1, -0.05) is 12.1 Å². The Morgan fingerprint density at radius 2 is 2.00 bits per heavy atom. The number of nitrogens with two attached hydrogens (primary N) is 1. The fraction of sp³-hybridized carbons (Fsp3) is 0.0588. The van der Waals surface area contributed by atoms with Crippen LogP contribution < -0.4 is 5.73 Å². The lowest BCUT2D eigenvalue weighted by atomic mass is 10.1. The first-order valence-electron chi connectivity index (χ1n) is 7.65. The van der Waals surface area contributed by atoms with Gasteiger partial charge in [-0.2, -0.15) is 9.78 Å². The molecule has 0 radical (unpaired) electrons. The van der Waals surface area contributed by atoms with Gasteiger partial charge in [0.05, 0.1) is 17.3 Å². The van der Waals surface area contributed by atoms with Crippen molar-refractivity contribution < 1.29 is 5.11 Å². The Balaban J connectivity index is 1.84. The zero-order valence-electron chi connectivity index (χ0n) is 13.4. The average Bonchev–Trinajstić information content (AvgIpc) is 3.13. The van der Waals surface area contributed by atoms with Crippen LogP contribution in [0.25, 0.3) is 28.4 Å². The molecule has 9 heteroatoms. The first-order chi connectivity index (χ1) is 12.7. The number of rotatable bonds is 3. The Kier molecular flexibility index (Phi) is 3.72. The zero-order valence-corrected chi connectivity index (χ0v) is 13.4. The Hall–Kier alpha value is -3.90. The molecule has 0 aliphatic rings. The minimum Gasteiger partial charge on any atom is -0.388 e. The van der Waals surface area contributed by atoms with E-state index in [0.717, 1.165) is 5.56 Å². The van der Waals surface area contributed by atoms with E-state index in [1.807, 2.05) is 6.07 Å². The normalized spacial score (nSPS) is 10.8. The monoisotopic (exact) mass is 344 g/mol. The molecule has 0 spiro atoms. The van der Waals surface area contributed by atoms with Gasteiger partial charge in [0.1, 0.15) is 12.3 Å². The third kappa shape index (κ3) is 2.70. The van der Waals surface area contributed by atoms with Crippen LogP contribution in [0.2, 0.25) is 0 Å². The fourth-order valence-electron chi connectivity index (χ4n) is 2.52. The van der Waals surface area contributed by atoms with Crippen molar-refractivity contribution in [2.24, 2.45) is 0 Å². The predicted octanol–water partition coefficient (Wildman–Crippen LogP) is 1.19. The van der Waals surface area contributed by atoms with Gasteiger partial charge in [0.25, 0.3) is 0 Å². The third-order valence-corrected chi connectivity index (χ3v) is 3.71. The smallest absolute Gasteiger partial charge is 0.223 e. The van der Waals surface area contributed by atoms with Gasteiger partial charge in [0, 0.05) is 17.8 Å². The van der Waals surface area contributed by atoms with Crippen molar-refractivity contribution in [2.75, 3.05) is 5.73 Å². The quantitative estimate of drug-likeness (QED) is 0.565. The third-order valence-electron chi connectivity index (χ3n) is 3.71. The minimum atomic E-state index is -0.274. The van der Waals surface area contributed by atoms with Crippen molar-refractivity contribution in [2.45, 2.75) is 6.61 Å². The summed E-state index contributed by atoms with van der Waals surface area (Å²) < 4.78 is 1.41. The number of fused-ring (bicyclic) bond motifs is 1. The molecule has 0 aliphatic carbocycles. The molecule has 1 aromatic carbocycles. The maximum absolute atomic E-state index is 9.17. The van der Waals surface area contributed by atoms with E-state index >= 15 is 0 Å². The van der Waals surface area contributed by atoms with Gasteiger partial charge in [0.15, 0.2) is 11.5 Å². The summed E-state index contributed by atoms with van der Waals surface area (Å²) in [6.45, 7) is -0.274. The molecule has 9 nitrogen and oxygen atoms in total. The molecule has 0 fully saturated rings. The van der Waals surface area contributed by atoms with Crippen LogP contribution in [0, 0.1) is 11.3 Å². The second kappa shape index (κ2) is 6.19. The lowest BCUT2D eigenvalue weighted by Gasteiger charge is -2.03. The molecule has 0 saturated carbocycles. The molecule has 0 bridgehead atoms. The van der Waals surface area contributed by atoms with E-state index in [2.05, 4.69) is 31.1 Å². The molecule has 3 heterocycles. The number of aliphatic hydroxyl groups excluding tert-OH is 1. The molecule has 0 saturated heterocycles. The Bertz CT molecular complexity index is 1160. The molecule has 0 atom stereocenters. The van der Waals surface area contributed by atoms with Crippen molar-refractivity contribution in [3.05, 3.63) is 54.0 Å². The van der Waals surface area contributed by atoms with Crippen molar-refractivity contribution in [1.29, 1.82) is 5.26 Å². The first-order valence-corrected chi connectivity index (χ1v) is 7.65.